The highest BCUT2D eigenvalue weighted by Crippen LogP contribution is 2.30. The van der Waals surface area contributed by atoms with Crippen LogP contribution in [0.1, 0.15) is 10.4 Å². The number of fused-ring (bicyclic) bond motifs is 1. The molecule has 0 amide bonds. The fourth-order valence-corrected chi connectivity index (χ4v) is 3.05. The van der Waals surface area contributed by atoms with Crippen LogP contribution in [0.3, 0.4) is 0 Å². The number of aliphatic carboxylic acids is 1. The molecule has 2 aromatic rings. The summed E-state index contributed by atoms with van der Waals surface area (Å²) in [5.74, 6) is -1.94. The Morgan fingerprint density at radius 1 is 1.35 bits per heavy atom. The number of benzene rings is 1. The highest BCUT2D eigenvalue weighted by atomic mass is 32.2. The van der Waals surface area contributed by atoms with Gasteiger partial charge in [0.2, 0.25) is 0 Å². The Balaban J connectivity index is 2.30. The summed E-state index contributed by atoms with van der Waals surface area (Å²) in [6.07, 6.45) is 0. The van der Waals surface area contributed by atoms with Gasteiger partial charge in [-0.25, -0.2) is 9.78 Å². The molecule has 0 spiro atoms. The van der Waals surface area contributed by atoms with E-state index in [0.29, 0.717) is 9.86 Å². The molecule has 17 heavy (non-hydrogen) atoms. The molecule has 0 bridgehead atoms. The summed E-state index contributed by atoms with van der Waals surface area (Å²) >= 11 is 2.42. The van der Waals surface area contributed by atoms with E-state index in [1.165, 1.54) is 17.4 Å². The van der Waals surface area contributed by atoms with E-state index in [0.717, 1.165) is 16.5 Å². The van der Waals surface area contributed by atoms with Crippen molar-refractivity contribution in [3.05, 3.63) is 23.8 Å². The fraction of sp³-hybridized carbons (Fsp3) is 0.100. The molecule has 1 aromatic heterocycles. The average Bonchev–Trinajstić information content (AvgIpc) is 2.67. The summed E-state index contributed by atoms with van der Waals surface area (Å²) in [5.41, 5.74) is 0.892. The molecule has 0 saturated carbocycles. The number of hydrogen-bond acceptors (Lipinski definition) is 5. The fourth-order valence-electron chi connectivity index (χ4n) is 1.22. The van der Waals surface area contributed by atoms with Gasteiger partial charge in [0.05, 0.1) is 21.5 Å². The van der Waals surface area contributed by atoms with Crippen LogP contribution in [0.4, 0.5) is 0 Å². The Morgan fingerprint density at radius 3 is 2.76 bits per heavy atom. The van der Waals surface area contributed by atoms with Gasteiger partial charge in [-0.05, 0) is 18.2 Å². The Labute approximate surface area is 104 Å². The van der Waals surface area contributed by atoms with E-state index >= 15 is 0 Å². The predicted octanol–water partition coefficient (Wildman–Crippen LogP) is 2.17. The van der Waals surface area contributed by atoms with Crippen molar-refractivity contribution in [1.82, 2.24) is 4.98 Å². The van der Waals surface area contributed by atoms with Crippen molar-refractivity contribution in [3.63, 3.8) is 0 Å². The lowest BCUT2D eigenvalue weighted by Gasteiger charge is -1.91. The van der Waals surface area contributed by atoms with Crippen LogP contribution in [-0.4, -0.2) is 32.9 Å². The zero-order valence-electron chi connectivity index (χ0n) is 8.41. The van der Waals surface area contributed by atoms with Gasteiger partial charge >= 0.3 is 11.9 Å². The van der Waals surface area contributed by atoms with Crippen molar-refractivity contribution in [1.29, 1.82) is 0 Å². The summed E-state index contributed by atoms with van der Waals surface area (Å²) in [4.78, 5) is 25.4. The minimum absolute atomic E-state index is 0.0500. The number of nitrogens with zero attached hydrogens (tertiary/aromatic N) is 1. The van der Waals surface area contributed by atoms with Crippen LogP contribution >= 0.6 is 23.1 Å². The second kappa shape index (κ2) is 4.72. The van der Waals surface area contributed by atoms with E-state index in [1.54, 1.807) is 12.1 Å². The standard InChI is InChI=1S/C10H7NO4S2/c12-8(13)4-16-10-11-6-2-1-5(9(14)15)3-7(6)17-10/h1-3H,4H2,(H,12,13)(H,14,15). The number of thioether (sulfide) groups is 1. The molecule has 0 aliphatic carbocycles. The normalized spacial score (nSPS) is 10.6. The Morgan fingerprint density at radius 2 is 2.12 bits per heavy atom. The SMILES string of the molecule is O=C(O)CSc1nc2ccc(C(=O)O)cc2s1. The van der Waals surface area contributed by atoms with Gasteiger partial charge in [0.1, 0.15) is 0 Å². The van der Waals surface area contributed by atoms with Crippen LogP contribution in [-0.2, 0) is 4.79 Å². The molecular weight excluding hydrogens is 262 g/mol. The van der Waals surface area contributed by atoms with Gasteiger partial charge in [0.15, 0.2) is 4.34 Å². The first-order valence-corrected chi connectivity index (χ1v) is 6.35. The molecular formula is C10H7NO4S2. The smallest absolute Gasteiger partial charge is 0.335 e. The third-order valence-corrected chi connectivity index (χ3v) is 4.08. The first-order chi connectivity index (χ1) is 8.06. The molecule has 0 fully saturated rings. The first-order valence-electron chi connectivity index (χ1n) is 4.55. The number of aromatic nitrogens is 1. The van der Waals surface area contributed by atoms with Crippen LogP contribution in [0.25, 0.3) is 10.2 Å². The topological polar surface area (TPSA) is 87.5 Å². The summed E-state index contributed by atoms with van der Waals surface area (Å²) in [6.45, 7) is 0. The molecule has 88 valence electrons. The highest BCUT2D eigenvalue weighted by molar-refractivity contribution is 8.01. The average molecular weight is 269 g/mol. The Hall–Kier alpha value is -1.60. The van der Waals surface area contributed by atoms with Gasteiger partial charge in [0, 0.05) is 0 Å². The third-order valence-electron chi connectivity index (χ3n) is 1.93. The van der Waals surface area contributed by atoms with Crippen LogP contribution in [0.5, 0.6) is 0 Å². The number of hydrogen-bond donors (Lipinski definition) is 2. The zero-order valence-corrected chi connectivity index (χ0v) is 10.0. The number of carboxylic acids is 2. The van der Waals surface area contributed by atoms with E-state index in [9.17, 15) is 9.59 Å². The summed E-state index contributed by atoms with van der Waals surface area (Å²) in [6, 6.07) is 4.65. The third kappa shape index (κ3) is 2.75. The minimum atomic E-state index is -0.986. The zero-order chi connectivity index (χ0) is 12.4. The lowest BCUT2D eigenvalue weighted by atomic mass is 10.2. The lowest BCUT2D eigenvalue weighted by Crippen LogP contribution is -1.96. The molecule has 2 rings (SSSR count). The molecule has 0 unspecified atom stereocenters. The molecule has 5 nitrogen and oxygen atoms in total. The molecule has 0 radical (unpaired) electrons. The number of thiazole rings is 1. The Bertz CT molecular complexity index is 593. The van der Waals surface area contributed by atoms with E-state index in [-0.39, 0.29) is 11.3 Å². The van der Waals surface area contributed by atoms with Crippen LogP contribution in [0.15, 0.2) is 22.5 Å². The van der Waals surface area contributed by atoms with Crippen molar-refractivity contribution >= 4 is 45.3 Å². The van der Waals surface area contributed by atoms with Gasteiger partial charge in [-0.1, -0.05) is 11.8 Å². The number of carboxylic acid groups (broad SMARTS) is 2. The van der Waals surface area contributed by atoms with Crippen molar-refractivity contribution in [3.8, 4) is 0 Å². The number of rotatable bonds is 4. The van der Waals surface area contributed by atoms with Crippen molar-refractivity contribution in [2.45, 2.75) is 4.34 Å². The van der Waals surface area contributed by atoms with E-state index < -0.39 is 11.9 Å². The summed E-state index contributed by atoms with van der Waals surface area (Å²) in [7, 11) is 0. The van der Waals surface area contributed by atoms with Crippen LogP contribution < -0.4 is 0 Å². The number of carbonyl (C=O) groups is 2. The molecule has 1 aromatic carbocycles. The summed E-state index contributed by atoms with van der Waals surface area (Å²) in [5, 5.41) is 17.4. The Kier molecular flexibility index (Phi) is 3.30. The van der Waals surface area contributed by atoms with Gasteiger partial charge < -0.3 is 10.2 Å². The second-order valence-electron chi connectivity index (χ2n) is 3.15. The molecule has 1 heterocycles. The van der Waals surface area contributed by atoms with E-state index in [2.05, 4.69) is 4.98 Å². The maximum absolute atomic E-state index is 10.8. The molecule has 2 N–H and O–H groups in total. The molecule has 7 heteroatoms. The second-order valence-corrected chi connectivity index (χ2v) is 5.40. The first kappa shape index (κ1) is 11.9. The van der Waals surface area contributed by atoms with E-state index in [1.807, 2.05) is 0 Å². The predicted molar refractivity (Wildman–Crippen MR) is 64.9 cm³/mol. The van der Waals surface area contributed by atoms with Crippen molar-refractivity contribution < 1.29 is 19.8 Å². The largest absolute Gasteiger partial charge is 0.481 e. The number of aromatic carboxylic acids is 1. The van der Waals surface area contributed by atoms with Gasteiger partial charge in [-0.3, -0.25) is 4.79 Å². The van der Waals surface area contributed by atoms with Crippen molar-refractivity contribution in [2.75, 3.05) is 5.75 Å². The van der Waals surface area contributed by atoms with Crippen LogP contribution in [0, 0.1) is 0 Å². The molecule has 0 aliphatic heterocycles. The summed E-state index contributed by atoms with van der Waals surface area (Å²) < 4.78 is 1.38. The minimum Gasteiger partial charge on any atom is -0.481 e. The maximum atomic E-state index is 10.8. The molecule has 0 saturated heterocycles. The molecule has 0 atom stereocenters. The van der Waals surface area contributed by atoms with Gasteiger partial charge in [-0.15, -0.1) is 11.3 Å². The van der Waals surface area contributed by atoms with E-state index in [4.69, 9.17) is 10.2 Å². The van der Waals surface area contributed by atoms with Crippen LogP contribution in [0.2, 0.25) is 0 Å². The monoisotopic (exact) mass is 269 g/mol. The highest BCUT2D eigenvalue weighted by Gasteiger charge is 2.09. The van der Waals surface area contributed by atoms with Crippen molar-refractivity contribution in [2.24, 2.45) is 0 Å². The van der Waals surface area contributed by atoms with Gasteiger partial charge in [0.25, 0.3) is 0 Å². The maximum Gasteiger partial charge on any atom is 0.335 e. The lowest BCUT2D eigenvalue weighted by molar-refractivity contribution is -0.133. The van der Waals surface area contributed by atoms with Gasteiger partial charge in [-0.2, -0.15) is 0 Å². The molecule has 0 aliphatic rings. The quantitative estimate of drug-likeness (QED) is 0.827.